The van der Waals surface area contributed by atoms with Gasteiger partial charge in [0.1, 0.15) is 0 Å². The van der Waals surface area contributed by atoms with E-state index in [-0.39, 0.29) is 4.87 Å². The predicted octanol–water partition coefficient (Wildman–Crippen LogP) is 6.07. The maximum atomic E-state index is 8.66. The maximum Gasteiger partial charge on any atom is 0.0431 e. The molecular weight excluding hydrogens is 256 g/mol. The number of hydrogen-bond acceptors (Lipinski definition) is 1. The summed E-state index contributed by atoms with van der Waals surface area (Å²) in [6.45, 7) is 4.57. The Kier molecular flexibility index (Phi) is 13.4. The summed E-state index contributed by atoms with van der Waals surface area (Å²) in [6.07, 6.45) is 17.0. The molecular formula is C17H35ClO. The van der Waals surface area contributed by atoms with Gasteiger partial charge in [0.15, 0.2) is 0 Å². The first-order valence-corrected chi connectivity index (χ1v) is 8.74. The monoisotopic (exact) mass is 290 g/mol. The van der Waals surface area contributed by atoms with Gasteiger partial charge in [0, 0.05) is 11.5 Å². The molecule has 2 heteroatoms. The first-order chi connectivity index (χ1) is 9.06. The molecule has 0 aliphatic carbocycles. The fourth-order valence-electron chi connectivity index (χ4n) is 2.42. The average Bonchev–Trinajstić information content (AvgIpc) is 2.34. The Morgan fingerprint density at radius 1 is 0.632 bits per heavy atom. The molecule has 0 aromatic carbocycles. The number of hydrogen-bond donors (Lipinski definition) is 1. The lowest BCUT2D eigenvalue weighted by Gasteiger charge is -2.14. The highest BCUT2D eigenvalue weighted by Crippen LogP contribution is 2.21. The Morgan fingerprint density at radius 3 is 1.26 bits per heavy atom. The minimum Gasteiger partial charge on any atom is -0.396 e. The molecule has 0 rings (SSSR count). The van der Waals surface area contributed by atoms with Gasteiger partial charge in [-0.15, -0.1) is 11.6 Å². The van der Waals surface area contributed by atoms with E-state index in [1.165, 1.54) is 70.6 Å². The third kappa shape index (κ3) is 18.2. The third-order valence-corrected chi connectivity index (χ3v) is 3.87. The quantitative estimate of drug-likeness (QED) is 0.304. The van der Waals surface area contributed by atoms with Gasteiger partial charge < -0.3 is 5.11 Å². The maximum absolute atomic E-state index is 8.66. The average molecular weight is 291 g/mol. The molecule has 0 atom stereocenters. The van der Waals surface area contributed by atoms with Gasteiger partial charge in [-0.05, 0) is 26.7 Å². The van der Waals surface area contributed by atoms with Crippen LogP contribution in [0.1, 0.15) is 97.3 Å². The highest BCUT2D eigenvalue weighted by Gasteiger charge is 2.11. The van der Waals surface area contributed by atoms with E-state index in [1.807, 2.05) is 0 Å². The topological polar surface area (TPSA) is 20.2 Å². The molecule has 116 valence electrons. The highest BCUT2D eigenvalue weighted by molar-refractivity contribution is 6.23. The number of unbranched alkanes of at least 4 members (excludes halogenated alkanes) is 11. The summed E-state index contributed by atoms with van der Waals surface area (Å²) in [5, 5.41) is 8.66. The summed E-state index contributed by atoms with van der Waals surface area (Å²) in [5.74, 6) is 0. The van der Waals surface area contributed by atoms with E-state index in [2.05, 4.69) is 13.8 Å². The van der Waals surface area contributed by atoms with Crippen molar-refractivity contribution in [1.29, 1.82) is 0 Å². The lowest BCUT2D eigenvalue weighted by Crippen LogP contribution is -2.08. The molecule has 0 aliphatic rings. The van der Waals surface area contributed by atoms with Crippen molar-refractivity contribution in [3.8, 4) is 0 Å². The fraction of sp³-hybridized carbons (Fsp3) is 1.00. The van der Waals surface area contributed by atoms with Gasteiger partial charge in [-0.2, -0.15) is 0 Å². The van der Waals surface area contributed by atoms with Crippen molar-refractivity contribution >= 4 is 11.6 Å². The van der Waals surface area contributed by atoms with Crippen LogP contribution in [0.25, 0.3) is 0 Å². The molecule has 0 radical (unpaired) electrons. The van der Waals surface area contributed by atoms with Crippen molar-refractivity contribution in [2.24, 2.45) is 0 Å². The Labute approximate surface area is 126 Å². The molecule has 0 spiro atoms. The molecule has 0 aromatic heterocycles. The minimum atomic E-state index is -0.00394. The minimum absolute atomic E-state index is 0.00394. The summed E-state index contributed by atoms with van der Waals surface area (Å²) in [7, 11) is 0. The Hall–Kier alpha value is 0.250. The van der Waals surface area contributed by atoms with E-state index in [4.69, 9.17) is 16.7 Å². The molecule has 0 unspecified atom stereocenters. The second kappa shape index (κ2) is 13.2. The summed E-state index contributed by atoms with van der Waals surface area (Å²) in [4.78, 5) is -0.00394. The van der Waals surface area contributed by atoms with Gasteiger partial charge in [-0.3, -0.25) is 0 Å². The number of aliphatic hydroxyl groups is 1. The van der Waals surface area contributed by atoms with Gasteiger partial charge in [0.2, 0.25) is 0 Å². The first-order valence-electron chi connectivity index (χ1n) is 8.36. The van der Waals surface area contributed by atoms with Crippen molar-refractivity contribution in [3.63, 3.8) is 0 Å². The molecule has 19 heavy (non-hydrogen) atoms. The van der Waals surface area contributed by atoms with Crippen LogP contribution in [-0.2, 0) is 0 Å². The van der Waals surface area contributed by atoms with Crippen LogP contribution in [-0.4, -0.2) is 16.6 Å². The lowest BCUT2D eigenvalue weighted by atomic mass is 10.0. The van der Waals surface area contributed by atoms with Crippen LogP contribution in [0.3, 0.4) is 0 Å². The van der Waals surface area contributed by atoms with Crippen LogP contribution < -0.4 is 0 Å². The zero-order chi connectivity index (χ0) is 14.4. The lowest BCUT2D eigenvalue weighted by molar-refractivity contribution is 0.282. The molecule has 0 amide bonds. The van der Waals surface area contributed by atoms with Gasteiger partial charge in [0.05, 0.1) is 0 Å². The van der Waals surface area contributed by atoms with E-state index in [0.29, 0.717) is 6.61 Å². The number of halogens is 1. The van der Waals surface area contributed by atoms with Gasteiger partial charge in [-0.25, -0.2) is 0 Å². The first kappa shape index (κ1) is 19.2. The Morgan fingerprint density at radius 2 is 0.947 bits per heavy atom. The van der Waals surface area contributed by atoms with Crippen LogP contribution >= 0.6 is 11.6 Å². The van der Waals surface area contributed by atoms with Crippen LogP contribution in [0, 0.1) is 0 Å². The largest absolute Gasteiger partial charge is 0.396 e. The highest BCUT2D eigenvalue weighted by atomic mass is 35.5. The predicted molar refractivity (Wildman–Crippen MR) is 87.0 cm³/mol. The van der Waals surface area contributed by atoms with E-state index in [9.17, 15) is 0 Å². The SMILES string of the molecule is CC(C)(Cl)CCCCCCCCCCCCCCO. The van der Waals surface area contributed by atoms with Crippen LogP contribution in [0.15, 0.2) is 0 Å². The van der Waals surface area contributed by atoms with Gasteiger partial charge in [0.25, 0.3) is 0 Å². The van der Waals surface area contributed by atoms with E-state index < -0.39 is 0 Å². The molecule has 0 heterocycles. The zero-order valence-electron chi connectivity index (χ0n) is 13.2. The standard InChI is InChI=1S/C17H35ClO/c1-17(2,18)15-13-11-9-7-5-3-4-6-8-10-12-14-16-19/h19H,3-16H2,1-2H3. The van der Waals surface area contributed by atoms with Crippen molar-refractivity contribution in [3.05, 3.63) is 0 Å². The molecule has 1 nitrogen and oxygen atoms in total. The molecule has 0 bridgehead atoms. The summed E-state index contributed by atoms with van der Waals surface area (Å²) >= 11 is 6.16. The Balaban J connectivity index is 2.99. The van der Waals surface area contributed by atoms with Crippen molar-refractivity contribution < 1.29 is 5.11 Å². The molecule has 0 aromatic rings. The van der Waals surface area contributed by atoms with Crippen LogP contribution in [0.5, 0.6) is 0 Å². The van der Waals surface area contributed by atoms with Crippen LogP contribution in [0.2, 0.25) is 0 Å². The number of rotatable bonds is 14. The Bertz CT molecular complexity index is 175. The van der Waals surface area contributed by atoms with Crippen molar-refractivity contribution in [1.82, 2.24) is 0 Å². The van der Waals surface area contributed by atoms with Gasteiger partial charge >= 0.3 is 0 Å². The van der Waals surface area contributed by atoms with E-state index in [0.717, 1.165) is 12.8 Å². The third-order valence-electron chi connectivity index (χ3n) is 3.68. The number of aliphatic hydroxyl groups excluding tert-OH is 1. The zero-order valence-corrected chi connectivity index (χ0v) is 14.0. The van der Waals surface area contributed by atoms with E-state index >= 15 is 0 Å². The smallest absolute Gasteiger partial charge is 0.0431 e. The summed E-state index contributed by atoms with van der Waals surface area (Å²) in [5.41, 5.74) is 0. The molecule has 0 saturated heterocycles. The molecule has 1 N–H and O–H groups in total. The normalized spacial score (nSPS) is 12.0. The second-order valence-corrected chi connectivity index (χ2v) is 7.46. The second-order valence-electron chi connectivity index (χ2n) is 6.43. The van der Waals surface area contributed by atoms with E-state index in [1.54, 1.807) is 0 Å². The van der Waals surface area contributed by atoms with Crippen LogP contribution in [0.4, 0.5) is 0 Å². The molecule has 0 aliphatic heterocycles. The molecule has 0 fully saturated rings. The summed E-state index contributed by atoms with van der Waals surface area (Å²) in [6, 6.07) is 0. The summed E-state index contributed by atoms with van der Waals surface area (Å²) < 4.78 is 0. The number of alkyl halides is 1. The van der Waals surface area contributed by atoms with Gasteiger partial charge in [-0.1, -0.05) is 70.6 Å². The van der Waals surface area contributed by atoms with Crippen molar-refractivity contribution in [2.45, 2.75) is 102 Å². The molecule has 0 saturated carbocycles. The van der Waals surface area contributed by atoms with Crippen molar-refractivity contribution in [2.75, 3.05) is 6.61 Å². The fourth-order valence-corrected chi connectivity index (χ4v) is 2.56.